The van der Waals surface area contributed by atoms with Crippen molar-refractivity contribution in [1.82, 2.24) is 0 Å². The zero-order valence-corrected chi connectivity index (χ0v) is 13.1. The number of methoxy groups -OCH3 is 1. The van der Waals surface area contributed by atoms with E-state index in [1.165, 1.54) is 13.2 Å². The summed E-state index contributed by atoms with van der Waals surface area (Å²) < 4.78 is 9.87. The van der Waals surface area contributed by atoms with E-state index in [-0.39, 0.29) is 0 Å². The lowest BCUT2D eigenvalue weighted by Crippen LogP contribution is -2.47. The minimum atomic E-state index is -1.78. The highest BCUT2D eigenvalue weighted by Gasteiger charge is 2.30. The summed E-state index contributed by atoms with van der Waals surface area (Å²) in [6.07, 6.45) is -4.20. The van der Waals surface area contributed by atoms with Crippen molar-refractivity contribution in [2.24, 2.45) is 0 Å². The highest BCUT2D eigenvalue weighted by atomic mass is 16.5. The van der Waals surface area contributed by atoms with Crippen LogP contribution in [-0.4, -0.2) is 76.2 Å². The maximum Gasteiger partial charge on any atom is 0.330 e. The van der Waals surface area contributed by atoms with Gasteiger partial charge in [-0.15, -0.1) is 0 Å². The average molecular weight is 342 g/mol. The van der Waals surface area contributed by atoms with Gasteiger partial charge < -0.3 is 35.0 Å². The number of esters is 1. The van der Waals surface area contributed by atoms with Crippen molar-refractivity contribution < 1.29 is 39.8 Å². The fourth-order valence-corrected chi connectivity index (χ4v) is 1.84. The van der Waals surface area contributed by atoms with Crippen LogP contribution in [0.3, 0.4) is 0 Å². The summed E-state index contributed by atoms with van der Waals surface area (Å²) in [7, 11) is 1.49. The Hall–Kier alpha value is -1.97. The molecule has 0 amide bonds. The molecule has 0 aliphatic heterocycles. The number of benzene rings is 1. The molecule has 0 aromatic heterocycles. The third-order valence-electron chi connectivity index (χ3n) is 3.26. The van der Waals surface area contributed by atoms with E-state index < -0.39 is 43.6 Å². The number of hydrogen-bond donors (Lipinski definition) is 5. The summed E-state index contributed by atoms with van der Waals surface area (Å²) in [6.45, 7) is -1.38. The van der Waals surface area contributed by atoms with E-state index in [0.29, 0.717) is 11.3 Å². The number of ether oxygens (including phenoxy) is 2. The number of carbonyl (C=O) groups excluding carboxylic acids is 1. The van der Waals surface area contributed by atoms with Crippen LogP contribution in [0.25, 0.3) is 6.08 Å². The Bertz CT molecular complexity index is 545. The Morgan fingerprint density at radius 2 is 1.75 bits per heavy atom. The normalized spacial score (nSPS) is 16.4. The molecule has 0 bridgehead atoms. The van der Waals surface area contributed by atoms with Gasteiger partial charge in [-0.3, -0.25) is 0 Å². The third-order valence-corrected chi connectivity index (χ3v) is 3.26. The van der Waals surface area contributed by atoms with Crippen LogP contribution in [-0.2, 0) is 9.53 Å². The number of hydrogen-bond acceptors (Lipinski definition) is 8. The van der Waals surface area contributed by atoms with E-state index in [2.05, 4.69) is 0 Å². The van der Waals surface area contributed by atoms with Crippen molar-refractivity contribution in [3.8, 4) is 5.75 Å². The summed E-state index contributed by atoms with van der Waals surface area (Å²) >= 11 is 0. The van der Waals surface area contributed by atoms with Crippen LogP contribution in [0.2, 0.25) is 0 Å². The van der Waals surface area contributed by atoms with Crippen LogP contribution >= 0.6 is 0 Å². The monoisotopic (exact) mass is 342 g/mol. The third kappa shape index (κ3) is 5.91. The largest absolute Gasteiger partial charge is 0.496 e. The van der Waals surface area contributed by atoms with Gasteiger partial charge in [-0.25, -0.2) is 4.79 Å². The lowest BCUT2D eigenvalue weighted by Gasteiger charge is -2.25. The van der Waals surface area contributed by atoms with Crippen molar-refractivity contribution >= 4 is 12.0 Å². The molecule has 8 nitrogen and oxygen atoms in total. The first-order chi connectivity index (χ1) is 11.4. The van der Waals surface area contributed by atoms with Gasteiger partial charge in [-0.05, 0) is 12.1 Å². The molecule has 1 rings (SSSR count). The van der Waals surface area contributed by atoms with E-state index in [1.54, 1.807) is 24.3 Å². The minimum absolute atomic E-state index is 0.568. The molecule has 0 saturated carbocycles. The second-order valence-corrected chi connectivity index (χ2v) is 5.00. The molecule has 5 N–H and O–H groups in total. The van der Waals surface area contributed by atoms with Crippen molar-refractivity contribution in [2.45, 2.75) is 24.4 Å². The lowest BCUT2D eigenvalue weighted by molar-refractivity contribution is -0.151. The molecular formula is C16H22O8. The first-order valence-corrected chi connectivity index (χ1v) is 7.21. The fraction of sp³-hybridized carbons (Fsp3) is 0.438. The second kappa shape index (κ2) is 10.0. The van der Waals surface area contributed by atoms with Crippen LogP contribution in [0.5, 0.6) is 5.75 Å². The maximum absolute atomic E-state index is 11.6. The second-order valence-electron chi connectivity index (χ2n) is 5.00. The zero-order chi connectivity index (χ0) is 18.1. The molecule has 8 heteroatoms. The van der Waals surface area contributed by atoms with E-state index >= 15 is 0 Å². The van der Waals surface area contributed by atoms with Crippen LogP contribution in [0.15, 0.2) is 30.3 Å². The first-order valence-electron chi connectivity index (χ1n) is 7.21. The predicted molar refractivity (Wildman–Crippen MR) is 84.1 cm³/mol. The number of rotatable bonds is 9. The summed E-state index contributed by atoms with van der Waals surface area (Å²) in [4.78, 5) is 11.6. The molecule has 134 valence electrons. The average Bonchev–Trinajstić information content (AvgIpc) is 2.62. The van der Waals surface area contributed by atoms with Crippen LogP contribution in [0.1, 0.15) is 5.56 Å². The van der Waals surface area contributed by atoms with Crippen LogP contribution in [0, 0.1) is 0 Å². The Morgan fingerprint density at radius 1 is 1.12 bits per heavy atom. The van der Waals surface area contributed by atoms with Gasteiger partial charge in [0.2, 0.25) is 0 Å². The molecule has 0 fully saturated rings. The van der Waals surface area contributed by atoms with Gasteiger partial charge >= 0.3 is 5.97 Å². The van der Waals surface area contributed by atoms with Gasteiger partial charge in [-0.1, -0.05) is 18.2 Å². The van der Waals surface area contributed by atoms with Gasteiger partial charge in [0.05, 0.1) is 13.7 Å². The van der Waals surface area contributed by atoms with Crippen molar-refractivity contribution in [1.29, 1.82) is 0 Å². The summed E-state index contributed by atoms with van der Waals surface area (Å²) in [5.74, 6) is -0.206. The highest BCUT2D eigenvalue weighted by molar-refractivity contribution is 5.87. The SMILES string of the molecule is COc1ccccc1/C=C/C(=O)OC[C@H](O)[C@@H](O)[C@H](O)[C@H](O)CO. The van der Waals surface area contributed by atoms with Gasteiger partial charge in [0.15, 0.2) is 0 Å². The molecule has 0 unspecified atom stereocenters. The summed E-state index contributed by atoms with van der Waals surface area (Å²) in [6, 6.07) is 6.99. The molecular weight excluding hydrogens is 320 g/mol. The van der Waals surface area contributed by atoms with Crippen LogP contribution < -0.4 is 4.74 Å². The van der Waals surface area contributed by atoms with Crippen molar-refractivity contribution in [2.75, 3.05) is 20.3 Å². The van der Waals surface area contributed by atoms with Gasteiger partial charge in [0, 0.05) is 11.6 Å². The van der Waals surface area contributed by atoms with E-state index in [1.807, 2.05) is 0 Å². The predicted octanol–water partition coefficient (Wildman–Crippen LogP) is -1.31. The molecule has 0 radical (unpaired) electrons. The van der Waals surface area contributed by atoms with Crippen molar-refractivity contribution in [3.05, 3.63) is 35.9 Å². The summed E-state index contributed by atoms with van der Waals surface area (Å²) in [5.41, 5.74) is 0.652. The van der Waals surface area contributed by atoms with Gasteiger partial charge in [-0.2, -0.15) is 0 Å². The molecule has 0 saturated heterocycles. The van der Waals surface area contributed by atoms with Crippen LogP contribution in [0.4, 0.5) is 0 Å². The molecule has 1 aromatic carbocycles. The Kier molecular flexibility index (Phi) is 8.37. The Labute approximate surface area is 139 Å². The molecule has 0 aliphatic rings. The zero-order valence-electron chi connectivity index (χ0n) is 13.1. The molecule has 24 heavy (non-hydrogen) atoms. The van der Waals surface area contributed by atoms with Crippen molar-refractivity contribution in [3.63, 3.8) is 0 Å². The Balaban J connectivity index is 2.52. The first kappa shape index (κ1) is 20.1. The Morgan fingerprint density at radius 3 is 2.38 bits per heavy atom. The highest BCUT2D eigenvalue weighted by Crippen LogP contribution is 2.18. The number of aliphatic hydroxyl groups excluding tert-OH is 5. The standard InChI is InChI=1S/C16H22O8/c1-23-13-5-3-2-4-10(13)6-7-14(20)24-9-12(19)16(22)15(21)11(18)8-17/h2-7,11-12,15-19,21-22H,8-9H2,1H3/b7-6+/t11-,12+,15-,16-/m1/s1. The van der Waals surface area contributed by atoms with Gasteiger partial charge in [0.25, 0.3) is 0 Å². The number of carbonyl (C=O) groups is 1. The number of aliphatic hydroxyl groups is 5. The molecule has 4 atom stereocenters. The molecule has 1 aromatic rings. The van der Waals surface area contributed by atoms with E-state index in [9.17, 15) is 25.2 Å². The smallest absolute Gasteiger partial charge is 0.330 e. The quantitative estimate of drug-likeness (QED) is 0.275. The fourth-order valence-electron chi connectivity index (χ4n) is 1.84. The van der Waals surface area contributed by atoms with E-state index in [0.717, 1.165) is 6.08 Å². The minimum Gasteiger partial charge on any atom is -0.496 e. The summed E-state index contributed by atoms with van der Waals surface area (Å²) in [5, 5.41) is 46.5. The van der Waals surface area contributed by atoms with E-state index in [4.69, 9.17) is 14.6 Å². The molecule has 0 heterocycles. The maximum atomic E-state index is 11.6. The lowest BCUT2D eigenvalue weighted by atomic mass is 10.0. The molecule has 0 spiro atoms. The number of para-hydroxylation sites is 1. The molecule has 0 aliphatic carbocycles. The topological polar surface area (TPSA) is 137 Å². The van der Waals surface area contributed by atoms with Gasteiger partial charge in [0.1, 0.15) is 36.8 Å².